The van der Waals surface area contributed by atoms with E-state index in [-0.39, 0.29) is 0 Å². The molecular formula is C17H14O3S. The van der Waals surface area contributed by atoms with E-state index in [1.807, 2.05) is 35.7 Å². The van der Waals surface area contributed by atoms with E-state index in [4.69, 9.17) is 9.47 Å². The molecule has 0 radical (unpaired) electrons. The van der Waals surface area contributed by atoms with Gasteiger partial charge in [0.15, 0.2) is 11.5 Å². The third kappa shape index (κ3) is 2.07. The van der Waals surface area contributed by atoms with Gasteiger partial charge in [-0.05, 0) is 22.9 Å². The second-order valence-corrected chi connectivity index (χ2v) is 5.88. The summed E-state index contributed by atoms with van der Waals surface area (Å²) in [6, 6.07) is 13.7. The Balaban J connectivity index is 1.85. The summed E-state index contributed by atoms with van der Waals surface area (Å²) < 4.78 is 12.4. The van der Waals surface area contributed by atoms with Gasteiger partial charge in [-0.1, -0.05) is 30.3 Å². The molecule has 1 aliphatic heterocycles. The van der Waals surface area contributed by atoms with Crippen LogP contribution in [0.1, 0.15) is 17.2 Å². The second kappa shape index (κ2) is 5.06. The Hall–Kier alpha value is -2.04. The summed E-state index contributed by atoms with van der Waals surface area (Å²) in [6.07, 6.45) is -0.719. The topological polar surface area (TPSA) is 38.7 Å². The van der Waals surface area contributed by atoms with E-state index in [0.29, 0.717) is 24.7 Å². The predicted molar refractivity (Wildman–Crippen MR) is 83.3 cm³/mol. The monoisotopic (exact) mass is 298 g/mol. The first-order valence-electron chi connectivity index (χ1n) is 6.87. The molecule has 1 unspecified atom stereocenters. The van der Waals surface area contributed by atoms with Gasteiger partial charge < -0.3 is 14.6 Å². The number of aliphatic hydroxyl groups is 1. The first kappa shape index (κ1) is 12.7. The van der Waals surface area contributed by atoms with Crippen molar-refractivity contribution >= 4 is 21.4 Å². The largest absolute Gasteiger partial charge is 0.486 e. The van der Waals surface area contributed by atoms with Crippen LogP contribution in [0.2, 0.25) is 0 Å². The number of fused-ring (bicyclic) bond motifs is 2. The van der Waals surface area contributed by atoms with Crippen molar-refractivity contribution in [3.05, 3.63) is 59.0 Å². The zero-order valence-electron chi connectivity index (χ0n) is 11.3. The first-order chi connectivity index (χ1) is 10.3. The molecule has 0 aliphatic carbocycles. The van der Waals surface area contributed by atoms with Crippen molar-refractivity contribution in [2.24, 2.45) is 0 Å². The van der Waals surface area contributed by atoms with Gasteiger partial charge in [0.1, 0.15) is 19.3 Å². The maximum Gasteiger partial charge on any atom is 0.167 e. The van der Waals surface area contributed by atoms with E-state index in [9.17, 15) is 5.11 Å². The third-order valence-corrected chi connectivity index (χ3v) is 4.67. The maximum atomic E-state index is 10.8. The normalized spacial score (nSPS) is 15.1. The van der Waals surface area contributed by atoms with Gasteiger partial charge in [-0.15, -0.1) is 11.3 Å². The Morgan fingerprint density at radius 2 is 1.76 bits per heavy atom. The Morgan fingerprint density at radius 1 is 0.952 bits per heavy atom. The van der Waals surface area contributed by atoms with Crippen LogP contribution in [0, 0.1) is 0 Å². The smallest absolute Gasteiger partial charge is 0.167 e. The summed E-state index contributed by atoms with van der Waals surface area (Å²) in [5.41, 5.74) is 1.66. The van der Waals surface area contributed by atoms with Gasteiger partial charge in [-0.3, -0.25) is 0 Å². The summed E-state index contributed by atoms with van der Waals surface area (Å²) in [4.78, 5) is 0. The van der Waals surface area contributed by atoms with Crippen molar-refractivity contribution in [1.29, 1.82) is 0 Å². The Bertz CT molecular complexity index is 794. The molecule has 21 heavy (non-hydrogen) atoms. The highest BCUT2D eigenvalue weighted by Gasteiger charge is 2.23. The molecule has 1 atom stereocenters. The fourth-order valence-electron chi connectivity index (χ4n) is 2.71. The number of hydrogen-bond acceptors (Lipinski definition) is 4. The van der Waals surface area contributed by atoms with E-state index >= 15 is 0 Å². The molecule has 1 N–H and O–H groups in total. The molecule has 1 aromatic heterocycles. The van der Waals surface area contributed by atoms with Crippen molar-refractivity contribution < 1.29 is 14.6 Å². The molecule has 2 aromatic carbocycles. The predicted octanol–water partition coefficient (Wildman–Crippen LogP) is 3.75. The molecule has 3 nitrogen and oxygen atoms in total. The van der Waals surface area contributed by atoms with Crippen molar-refractivity contribution in [2.45, 2.75) is 6.10 Å². The van der Waals surface area contributed by atoms with Crippen LogP contribution in [0.15, 0.2) is 47.8 Å². The van der Waals surface area contributed by atoms with Crippen LogP contribution >= 0.6 is 11.3 Å². The summed E-state index contributed by atoms with van der Waals surface area (Å²) in [7, 11) is 0. The molecule has 0 spiro atoms. The van der Waals surface area contributed by atoms with Crippen molar-refractivity contribution in [3.63, 3.8) is 0 Å². The van der Waals surface area contributed by atoms with Crippen LogP contribution in [0.4, 0.5) is 0 Å². The van der Waals surface area contributed by atoms with Gasteiger partial charge in [0.25, 0.3) is 0 Å². The molecule has 4 heteroatoms. The maximum absolute atomic E-state index is 10.8. The molecule has 1 aliphatic rings. The number of thiophene rings is 1. The highest BCUT2D eigenvalue weighted by molar-refractivity contribution is 7.17. The molecular weight excluding hydrogens is 284 g/mol. The quantitative estimate of drug-likeness (QED) is 0.783. The number of ether oxygens (including phenoxy) is 2. The molecule has 4 rings (SSSR count). The number of para-hydroxylation sites is 1. The number of hydrogen-bond donors (Lipinski definition) is 1. The Labute approximate surface area is 126 Å². The van der Waals surface area contributed by atoms with Crippen LogP contribution in [0.5, 0.6) is 11.5 Å². The highest BCUT2D eigenvalue weighted by atomic mass is 32.1. The van der Waals surface area contributed by atoms with E-state index in [2.05, 4.69) is 12.1 Å². The van der Waals surface area contributed by atoms with E-state index in [1.54, 1.807) is 11.3 Å². The van der Waals surface area contributed by atoms with Crippen LogP contribution in [0.3, 0.4) is 0 Å². The van der Waals surface area contributed by atoms with Crippen LogP contribution in [-0.2, 0) is 0 Å². The fourth-order valence-corrected chi connectivity index (χ4v) is 3.65. The molecule has 0 saturated heterocycles. The average Bonchev–Trinajstić information content (AvgIpc) is 3.02. The minimum atomic E-state index is -0.719. The zero-order valence-corrected chi connectivity index (χ0v) is 12.1. The average molecular weight is 298 g/mol. The molecule has 0 amide bonds. The summed E-state index contributed by atoms with van der Waals surface area (Å²) >= 11 is 1.64. The summed E-state index contributed by atoms with van der Waals surface area (Å²) in [5.74, 6) is 1.36. The number of aliphatic hydroxyl groups excluding tert-OH is 1. The Morgan fingerprint density at radius 3 is 2.71 bits per heavy atom. The van der Waals surface area contributed by atoms with Gasteiger partial charge >= 0.3 is 0 Å². The third-order valence-electron chi connectivity index (χ3n) is 3.70. The van der Waals surface area contributed by atoms with Crippen LogP contribution < -0.4 is 9.47 Å². The van der Waals surface area contributed by atoms with E-state index in [1.165, 1.54) is 0 Å². The SMILES string of the molecule is OC(c1cccc2c1OCCO2)c1cccc2ccsc12. The minimum Gasteiger partial charge on any atom is -0.486 e. The van der Waals surface area contributed by atoms with Gasteiger partial charge in [0, 0.05) is 15.8 Å². The summed E-state index contributed by atoms with van der Waals surface area (Å²) in [6.45, 7) is 1.06. The van der Waals surface area contributed by atoms with Crippen molar-refractivity contribution in [3.8, 4) is 11.5 Å². The molecule has 0 saturated carbocycles. The van der Waals surface area contributed by atoms with Crippen molar-refractivity contribution in [2.75, 3.05) is 13.2 Å². The van der Waals surface area contributed by atoms with Gasteiger partial charge in [0.05, 0.1) is 0 Å². The van der Waals surface area contributed by atoms with Crippen LogP contribution in [-0.4, -0.2) is 18.3 Å². The van der Waals surface area contributed by atoms with E-state index < -0.39 is 6.10 Å². The fraction of sp³-hybridized carbons (Fsp3) is 0.176. The number of rotatable bonds is 2. The summed E-state index contributed by atoms with van der Waals surface area (Å²) in [5, 5.41) is 14.0. The standard InChI is InChI=1S/C17H14O3S/c18-15(13-5-1-3-11-7-10-21-17(11)13)12-4-2-6-14-16(12)20-9-8-19-14/h1-7,10,15,18H,8-9H2. The van der Waals surface area contributed by atoms with Crippen molar-refractivity contribution in [1.82, 2.24) is 0 Å². The van der Waals surface area contributed by atoms with Gasteiger partial charge in [-0.25, -0.2) is 0 Å². The van der Waals surface area contributed by atoms with Gasteiger partial charge in [-0.2, -0.15) is 0 Å². The number of benzene rings is 2. The molecule has 0 bridgehead atoms. The lowest BCUT2D eigenvalue weighted by molar-refractivity contribution is 0.158. The second-order valence-electron chi connectivity index (χ2n) is 4.96. The highest BCUT2D eigenvalue weighted by Crippen LogP contribution is 2.41. The molecule has 0 fully saturated rings. The Kier molecular flexibility index (Phi) is 3.05. The lowest BCUT2D eigenvalue weighted by Gasteiger charge is -2.23. The first-order valence-corrected chi connectivity index (χ1v) is 7.75. The van der Waals surface area contributed by atoms with E-state index in [0.717, 1.165) is 21.2 Å². The zero-order chi connectivity index (χ0) is 14.2. The lowest BCUT2D eigenvalue weighted by atomic mass is 9.99. The minimum absolute atomic E-state index is 0.514. The molecule has 106 valence electrons. The van der Waals surface area contributed by atoms with Crippen LogP contribution in [0.25, 0.3) is 10.1 Å². The molecule has 3 aromatic rings. The molecule has 2 heterocycles. The van der Waals surface area contributed by atoms with Gasteiger partial charge in [0.2, 0.25) is 0 Å². The lowest BCUT2D eigenvalue weighted by Crippen LogP contribution is -2.17.